The van der Waals surface area contributed by atoms with Crippen molar-refractivity contribution < 1.29 is 9.53 Å². The first-order valence-corrected chi connectivity index (χ1v) is 7.63. The fraction of sp³-hybridized carbons (Fsp3) is 0.353. The largest absolute Gasteiger partial charge is 0.496 e. The molecule has 1 amide bonds. The van der Waals surface area contributed by atoms with Crippen LogP contribution in [0.1, 0.15) is 35.1 Å². The van der Waals surface area contributed by atoms with E-state index in [0.29, 0.717) is 24.7 Å². The Morgan fingerprint density at radius 3 is 2.78 bits per heavy atom. The molecule has 0 saturated heterocycles. The second-order valence-corrected chi connectivity index (χ2v) is 5.14. The van der Waals surface area contributed by atoms with Gasteiger partial charge in [-0.25, -0.2) is 9.97 Å². The van der Waals surface area contributed by atoms with Crippen LogP contribution in [0.15, 0.2) is 30.3 Å². The van der Waals surface area contributed by atoms with Crippen molar-refractivity contribution in [1.82, 2.24) is 15.3 Å². The maximum atomic E-state index is 12.0. The van der Waals surface area contributed by atoms with Crippen LogP contribution in [0, 0.1) is 6.92 Å². The molecule has 0 radical (unpaired) electrons. The Balaban J connectivity index is 2.11. The Bertz CT molecular complexity index is 673. The molecule has 2 N–H and O–H groups in total. The summed E-state index contributed by atoms with van der Waals surface area (Å²) in [5.74, 6) is 1.05. The number of hydrogen-bond acceptors (Lipinski definition) is 5. The topological polar surface area (TPSA) is 76.1 Å². The summed E-state index contributed by atoms with van der Waals surface area (Å²) in [6, 6.07) is 9.41. The lowest BCUT2D eigenvalue weighted by Crippen LogP contribution is -2.25. The molecule has 0 aliphatic heterocycles. The average Bonchev–Trinajstić information content (AvgIpc) is 2.57. The second-order valence-electron chi connectivity index (χ2n) is 5.14. The molecule has 0 fully saturated rings. The molecule has 6 nitrogen and oxygen atoms in total. The molecule has 122 valence electrons. The van der Waals surface area contributed by atoms with Crippen molar-refractivity contribution in [2.75, 3.05) is 19.0 Å². The molecule has 1 heterocycles. The number of methoxy groups -OCH3 is 1. The van der Waals surface area contributed by atoms with E-state index in [1.807, 2.05) is 38.1 Å². The summed E-state index contributed by atoms with van der Waals surface area (Å²) in [6.07, 6.45) is 0.884. The molecule has 1 aromatic heterocycles. The normalized spacial score (nSPS) is 10.2. The molecule has 2 rings (SSSR count). The fourth-order valence-electron chi connectivity index (χ4n) is 2.12. The minimum Gasteiger partial charge on any atom is -0.496 e. The van der Waals surface area contributed by atoms with E-state index < -0.39 is 0 Å². The molecule has 0 aliphatic rings. The van der Waals surface area contributed by atoms with Crippen LogP contribution in [0.5, 0.6) is 5.75 Å². The lowest BCUT2D eigenvalue weighted by Gasteiger charge is -2.11. The number of rotatable bonds is 7. The molecule has 0 spiro atoms. The number of aromatic nitrogens is 2. The number of benzene rings is 1. The molecular formula is C17H22N4O2. The van der Waals surface area contributed by atoms with Gasteiger partial charge in [0, 0.05) is 24.3 Å². The lowest BCUT2D eigenvalue weighted by molar-refractivity contribution is 0.0948. The molecule has 0 bridgehead atoms. The zero-order valence-corrected chi connectivity index (χ0v) is 13.7. The number of carbonyl (C=O) groups is 1. The van der Waals surface area contributed by atoms with Gasteiger partial charge in [-0.1, -0.05) is 25.1 Å². The average molecular weight is 314 g/mol. The number of para-hydroxylation sites is 1. The third kappa shape index (κ3) is 4.67. The van der Waals surface area contributed by atoms with E-state index in [1.54, 1.807) is 13.2 Å². The van der Waals surface area contributed by atoms with Gasteiger partial charge in [-0.2, -0.15) is 0 Å². The highest BCUT2D eigenvalue weighted by molar-refractivity contribution is 5.92. The predicted octanol–water partition coefficient (Wildman–Crippen LogP) is 2.55. The maximum absolute atomic E-state index is 12.0. The van der Waals surface area contributed by atoms with Crippen LogP contribution in [0.3, 0.4) is 0 Å². The number of aryl methyl sites for hydroxylation is 1. The predicted molar refractivity (Wildman–Crippen MR) is 89.7 cm³/mol. The van der Waals surface area contributed by atoms with Crippen molar-refractivity contribution in [3.63, 3.8) is 0 Å². The van der Waals surface area contributed by atoms with E-state index in [-0.39, 0.29) is 5.91 Å². The van der Waals surface area contributed by atoms with Crippen LogP contribution in [0.4, 0.5) is 5.95 Å². The first-order chi connectivity index (χ1) is 11.1. The Kier molecular flexibility index (Phi) is 5.91. The number of ether oxygens (including phenoxy) is 1. The molecule has 0 unspecified atom stereocenters. The van der Waals surface area contributed by atoms with E-state index in [4.69, 9.17) is 4.74 Å². The molecule has 0 atom stereocenters. The van der Waals surface area contributed by atoms with Crippen LogP contribution in [-0.2, 0) is 6.54 Å². The summed E-state index contributed by atoms with van der Waals surface area (Å²) in [7, 11) is 1.64. The van der Waals surface area contributed by atoms with Crippen LogP contribution in [0.25, 0.3) is 0 Å². The Morgan fingerprint density at radius 2 is 2.04 bits per heavy atom. The third-order valence-corrected chi connectivity index (χ3v) is 3.25. The van der Waals surface area contributed by atoms with Crippen molar-refractivity contribution in [2.24, 2.45) is 0 Å². The molecular weight excluding hydrogens is 292 g/mol. The lowest BCUT2D eigenvalue weighted by atomic mass is 10.2. The van der Waals surface area contributed by atoms with E-state index in [9.17, 15) is 4.79 Å². The van der Waals surface area contributed by atoms with Crippen molar-refractivity contribution in [1.29, 1.82) is 0 Å². The zero-order chi connectivity index (χ0) is 16.7. The van der Waals surface area contributed by atoms with E-state index in [1.165, 1.54) is 0 Å². The summed E-state index contributed by atoms with van der Waals surface area (Å²) in [6.45, 7) is 4.99. The van der Waals surface area contributed by atoms with Gasteiger partial charge in [0.05, 0.1) is 7.11 Å². The smallest absolute Gasteiger partial charge is 0.270 e. The summed E-state index contributed by atoms with van der Waals surface area (Å²) in [4.78, 5) is 20.6. The second kappa shape index (κ2) is 8.12. The molecule has 0 aliphatic carbocycles. The summed E-state index contributed by atoms with van der Waals surface area (Å²) in [5.41, 5.74) is 2.11. The Hall–Kier alpha value is -2.63. The number of nitrogens with one attached hydrogen (secondary N) is 2. The summed E-state index contributed by atoms with van der Waals surface area (Å²) < 4.78 is 5.32. The van der Waals surface area contributed by atoms with Gasteiger partial charge in [-0.3, -0.25) is 4.79 Å². The van der Waals surface area contributed by atoms with Gasteiger partial charge in [0.15, 0.2) is 0 Å². The standard InChI is InChI=1S/C17H22N4O2/c1-4-9-18-16(22)14-10-12(2)20-17(21-14)19-11-13-7-5-6-8-15(13)23-3/h5-8,10H,4,9,11H2,1-3H3,(H,18,22)(H,19,20,21). The van der Waals surface area contributed by atoms with Crippen LogP contribution in [-0.4, -0.2) is 29.5 Å². The molecule has 0 saturated carbocycles. The molecule has 2 aromatic rings. The van der Waals surface area contributed by atoms with Crippen LogP contribution >= 0.6 is 0 Å². The van der Waals surface area contributed by atoms with Crippen LogP contribution < -0.4 is 15.4 Å². The van der Waals surface area contributed by atoms with Crippen LogP contribution in [0.2, 0.25) is 0 Å². The highest BCUT2D eigenvalue weighted by Crippen LogP contribution is 2.18. The fourth-order valence-corrected chi connectivity index (χ4v) is 2.12. The van der Waals surface area contributed by atoms with Gasteiger partial charge in [0.1, 0.15) is 11.4 Å². The maximum Gasteiger partial charge on any atom is 0.270 e. The Labute approximate surface area is 136 Å². The number of amides is 1. The Morgan fingerprint density at radius 1 is 1.26 bits per heavy atom. The number of nitrogens with zero attached hydrogens (tertiary/aromatic N) is 2. The SMILES string of the molecule is CCCNC(=O)c1cc(C)nc(NCc2ccccc2OC)n1. The first-order valence-electron chi connectivity index (χ1n) is 7.63. The van der Waals surface area contributed by atoms with Gasteiger partial charge >= 0.3 is 0 Å². The summed E-state index contributed by atoms with van der Waals surface area (Å²) in [5, 5.41) is 5.96. The van der Waals surface area contributed by atoms with Crippen molar-refractivity contribution in [3.8, 4) is 5.75 Å². The third-order valence-electron chi connectivity index (χ3n) is 3.25. The highest BCUT2D eigenvalue weighted by Gasteiger charge is 2.10. The van der Waals surface area contributed by atoms with Crippen molar-refractivity contribution >= 4 is 11.9 Å². The quantitative estimate of drug-likeness (QED) is 0.821. The minimum atomic E-state index is -0.183. The van der Waals surface area contributed by atoms with Gasteiger partial charge in [-0.15, -0.1) is 0 Å². The minimum absolute atomic E-state index is 0.183. The number of hydrogen-bond donors (Lipinski definition) is 2. The monoisotopic (exact) mass is 314 g/mol. The first kappa shape index (κ1) is 16.7. The van der Waals surface area contributed by atoms with Gasteiger partial charge < -0.3 is 15.4 Å². The van der Waals surface area contributed by atoms with E-state index in [0.717, 1.165) is 23.4 Å². The molecule has 23 heavy (non-hydrogen) atoms. The molecule has 1 aromatic carbocycles. The number of anilines is 1. The van der Waals surface area contributed by atoms with Gasteiger partial charge in [-0.05, 0) is 25.5 Å². The summed E-state index contributed by atoms with van der Waals surface area (Å²) >= 11 is 0. The molecule has 6 heteroatoms. The highest BCUT2D eigenvalue weighted by atomic mass is 16.5. The van der Waals surface area contributed by atoms with Crippen molar-refractivity contribution in [3.05, 3.63) is 47.3 Å². The van der Waals surface area contributed by atoms with Gasteiger partial charge in [0.2, 0.25) is 5.95 Å². The zero-order valence-electron chi connectivity index (χ0n) is 13.7. The van der Waals surface area contributed by atoms with Gasteiger partial charge in [0.25, 0.3) is 5.91 Å². The van der Waals surface area contributed by atoms with E-state index >= 15 is 0 Å². The van der Waals surface area contributed by atoms with Crippen molar-refractivity contribution in [2.45, 2.75) is 26.8 Å². The number of carbonyl (C=O) groups excluding carboxylic acids is 1. The van der Waals surface area contributed by atoms with E-state index in [2.05, 4.69) is 20.6 Å².